The molecule has 2 atom stereocenters. The van der Waals surface area contributed by atoms with Crippen LogP contribution in [0.5, 0.6) is 23.0 Å². The third-order valence-electron chi connectivity index (χ3n) is 7.80. The van der Waals surface area contributed by atoms with E-state index in [-0.39, 0.29) is 22.8 Å². The van der Waals surface area contributed by atoms with Crippen LogP contribution in [0, 0.1) is 0 Å². The van der Waals surface area contributed by atoms with Gasteiger partial charge >= 0.3 is 0 Å². The first-order chi connectivity index (χ1) is 17.5. The van der Waals surface area contributed by atoms with Gasteiger partial charge in [0.25, 0.3) is 0 Å². The largest absolute Gasteiger partial charge is 0.508 e. The minimum Gasteiger partial charge on any atom is -0.508 e. The Morgan fingerprint density at radius 1 is 0.889 bits per heavy atom. The summed E-state index contributed by atoms with van der Waals surface area (Å²) in [4.78, 5) is 2.58. The zero-order valence-electron chi connectivity index (χ0n) is 21.2. The normalized spacial score (nSPS) is 22.0. The fourth-order valence-electron chi connectivity index (χ4n) is 5.75. The third-order valence-corrected chi connectivity index (χ3v) is 7.80. The molecule has 3 aromatic rings. The smallest absolute Gasteiger partial charge is 0.126 e. The predicted molar refractivity (Wildman–Crippen MR) is 142 cm³/mol. The van der Waals surface area contributed by atoms with Gasteiger partial charge in [0.1, 0.15) is 23.0 Å². The molecule has 36 heavy (non-hydrogen) atoms. The molecule has 0 aromatic heterocycles. The van der Waals surface area contributed by atoms with Gasteiger partial charge in [-0.2, -0.15) is 0 Å². The van der Waals surface area contributed by atoms with Crippen molar-refractivity contribution in [3.05, 3.63) is 83.4 Å². The number of phenols is 2. The number of benzene rings is 3. The summed E-state index contributed by atoms with van der Waals surface area (Å²) in [6.45, 7) is 7.08. The van der Waals surface area contributed by atoms with Crippen molar-refractivity contribution in [1.29, 1.82) is 0 Å². The Kier molecular flexibility index (Phi) is 7.38. The maximum Gasteiger partial charge on any atom is 0.126 e. The standard InChI is InChI=1S/C31H37NO4/c1-31(24-9-11-25(33)12-10-24)22-36-29-21-26(34)13-16-28(29)30(31)23-7-14-27(15-8-23)35-20-6-5-19-32-17-3-2-4-18-32/h7-16,21,30,33-34H,2-6,17-20,22H2,1H3. The fraction of sp³-hybridized carbons (Fsp3) is 0.419. The van der Waals surface area contributed by atoms with Crippen LogP contribution in [0.2, 0.25) is 0 Å². The molecule has 0 radical (unpaired) electrons. The Hall–Kier alpha value is -3.18. The molecule has 2 N–H and O–H groups in total. The summed E-state index contributed by atoms with van der Waals surface area (Å²) in [5.41, 5.74) is 2.95. The number of hydrogen-bond donors (Lipinski definition) is 2. The number of unbranched alkanes of at least 4 members (excludes halogenated alkanes) is 1. The van der Waals surface area contributed by atoms with Gasteiger partial charge in [0.15, 0.2) is 0 Å². The molecule has 1 fully saturated rings. The van der Waals surface area contributed by atoms with Crippen LogP contribution in [0.1, 0.15) is 61.6 Å². The van der Waals surface area contributed by atoms with Crippen LogP contribution >= 0.6 is 0 Å². The van der Waals surface area contributed by atoms with Gasteiger partial charge in [-0.15, -0.1) is 0 Å². The number of nitrogens with zero attached hydrogens (tertiary/aromatic N) is 1. The Morgan fingerprint density at radius 3 is 2.36 bits per heavy atom. The Morgan fingerprint density at radius 2 is 1.61 bits per heavy atom. The number of aromatic hydroxyl groups is 2. The molecule has 0 bridgehead atoms. The van der Waals surface area contributed by atoms with Gasteiger partial charge in [0, 0.05) is 23.0 Å². The number of ether oxygens (including phenoxy) is 2. The average molecular weight is 488 g/mol. The van der Waals surface area contributed by atoms with Crippen LogP contribution in [0.4, 0.5) is 0 Å². The van der Waals surface area contributed by atoms with E-state index in [1.54, 1.807) is 24.3 Å². The number of likely N-dealkylation sites (tertiary alicyclic amines) is 1. The van der Waals surface area contributed by atoms with Crippen molar-refractivity contribution in [3.63, 3.8) is 0 Å². The quantitative estimate of drug-likeness (QED) is 0.369. The van der Waals surface area contributed by atoms with E-state index < -0.39 is 0 Å². The highest BCUT2D eigenvalue weighted by molar-refractivity contribution is 5.53. The summed E-state index contributed by atoms with van der Waals surface area (Å²) in [7, 11) is 0. The zero-order chi connectivity index (χ0) is 25.0. The van der Waals surface area contributed by atoms with E-state index in [1.165, 1.54) is 50.9 Å². The Bertz CT molecular complexity index is 1140. The highest BCUT2D eigenvalue weighted by Gasteiger charge is 2.43. The highest BCUT2D eigenvalue weighted by Crippen LogP contribution is 2.50. The first kappa shape index (κ1) is 24.5. The second-order valence-electron chi connectivity index (χ2n) is 10.4. The fourth-order valence-corrected chi connectivity index (χ4v) is 5.75. The Balaban J connectivity index is 1.31. The molecule has 3 aromatic carbocycles. The van der Waals surface area contributed by atoms with Crippen molar-refractivity contribution in [2.75, 3.05) is 32.8 Å². The first-order valence-corrected chi connectivity index (χ1v) is 13.2. The van der Waals surface area contributed by atoms with Gasteiger partial charge in [-0.25, -0.2) is 0 Å². The average Bonchev–Trinajstić information content (AvgIpc) is 2.90. The Labute approximate surface area is 214 Å². The van der Waals surface area contributed by atoms with Gasteiger partial charge in [0.2, 0.25) is 0 Å². The zero-order valence-corrected chi connectivity index (χ0v) is 21.2. The van der Waals surface area contributed by atoms with Crippen molar-refractivity contribution in [2.24, 2.45) is 0 Å². The van der Waals surface area contributed by atoms with E-state index in [2.05, 4.69) is 36.1 Å². The SMILES string of the molecule is CC1(c2ccc(O)cc2)COc2cc(O)ccc2C1c1ccc(OCCCCN2CCCCC2)cc1. The number of phenolic OH excluding ortho intramolecular Hbond substituents is 2. The molecule has 5 heteroatoms. The number of piperidine rings is 1. The van der Waals surface area contributed by atoms with E-state index in [0.29, 0.717) is 12.4 Å². The summed E-state index contributed by atoms with van der Waals surface area (Å²) >= 11 is 0. The number of hydrogen-bond acceptors (Lipinski definition) is 5. The molecular formula is C31H37NO4. The lowest BCUT2D eigenvalue weighted by Gasteiger charge is -2.43. The first-order valence-electron chi connectivity index (χ1n) is 13.2. The van der Waals surface area contributed by atoms with Gasteiger partial charge in [-0.1, -0.05) is 43.7 Å². The van der Waals surface area contributed by atoms with Gasteiger partial charge in [-0.05, 0) is 86.8 Å². The van der Waals surface area contributed by atoms with E-state index in [0.717, 1.165) is 29.9 Å². The molecule has 2 unspecified atom stereocenters. The van der Waals surface area contributed by atoms with Crippen LogP contribution in [0.25, 0.3) is 0 Å². The maximum absolute atomic E-state index is 10.0. The molecule has 5 rings (SSSR count). The van der Waals surface area contributed by atoms with Crippen molar-refractivity contribution >= 4 is 0 Å². The monoisotopic (exact) mass is 487 g/mol. The lowest BCUT2D eigenvalue weighted by atomic mass is 9.65. The molecule has 2 aliphatic rings. The molecule has 0 aliphatic carbocycles. The van der Waals surface area contributed by atoms with Crippen LogP contribution in [-0.4, -0.2) is 48.0 Å². The lowest BCUT2D eigenvalue weighted by molar-refractivity contribution is 0.182. The summed E-state index contributed by atoms with van der Waals surface area (Å²) in [6, 6.07) is 21.2. The minimum absolute atomic E-state index is 0.0185. The summed E-state index contributed by atoms with van der Waals surface area (Å²) in [5.74, 6) is 2.07. The van der Waals surface area contributed by atoms with E-state index in [9.17, 15) is 10.2 Å². The predicted octanol–water partition coefficient (Wildman–Crippen LogP) is 6.22. The van der Waals surface area contributed by atoms with Crippen molar-refractivity contribution < 1.29 is 19.7 Å². The molecule has 190 valence electrons. The van der Waals surface area contributed by atoms with Gasteiger partial charge in [0.05, 0.1) is 13.2 Å². The third kappa shape index (κ3) is 5.31. The minimum atomic E-state index is -0.353. The molecular weight excluding hydrogens is 450 g/mol. The van der Waals surface area contributed by atoms with Crippen molar-refractivity contribution in [1.82, 2.24) is 4.90 Å². The second-order valence-corrected chi connectivity index (χ2v) is 10.4. The van der Waals surface area contributed by atoms with Crippen molar-refractivity contribution in [3.8, 4) is 23.0 Å². The van der Waals surface area contributed by atoms with E-state index in [4.69, 9.17) is 9.47 Å². The van der Waals surface area contributed by atoms with Crippen LogP contribution in [-0.2, 0) is 5.41 Å². The topological polar surface area (TPSA) is 62.2 Å². The number of rotatable bonds is 8. The van der Waals surface area contributed by atoms with E-state index in [1.807, 2.05) is 18.2 Å². The molecule has 0 saturated carbocycles. The molecule has 0 spiro atoms. The highest BCUT2D eigenvalue weighted by atomic mass is 16.5. The molecule has 5 nitrogen and oxygen atoms in total. The summed E-state index contributed by atoms with van der Waals surface area (Å²) in [5, 5.41) is 19.9. The molecule has 1 saturated heterocycles. The van der Waals surface area contributed by atoms with Gasteiger partial charge in [-0.3, -0.25) is 0 Å². The molecule has 2 heterocycles. The van der Waals surface area contributed by atoms with E-state index >= 15 is 0 Å². The summed E-state index contributed by atoms with van der Waals surface area (Å²) in [6.07, 6.45) is 6.30. The van der Waals surface area contributed by atoms with Crippen molar-refractivity contribution in [2.45, 2.75) is 50.4 Å². The molecule has 2 aliphatic heterocycles. The van der Waals surface area contributed by atoms with Crippen LogP contribution < -0.4 is 9.47 Å². The lowest BCUT2D eigenvalue weighted by Crippen LogP contribution is -2.40. The van der Waals surface area contributed by atoms with Crippen LogP contribution in [0.15, 0.2) is 66.7 Å². The van der Waals surface area contributed by atoms with Gasteiger partial charge < -0.3 is 24.6 Å². The van der Waals surface area contributed by atoms with Crippen LogP contribution in [0.3, 0.4) is 0 Å². The molecule has 0 amide bonds. The number of fused-ring (bicyclic) bond motifs is 1. The maximum atomic E-state index is 10.0. The second kappa shape index (κ2) is 10.8. The summed E-state index contributed by atoms with van der Waals surface area (Å²) < 4.78 is 12.2.